The van der Waals surface area contributed by atoms with Gasteiger partial charge in [-0.05, 0) is 13.3 Å². The van der Waals surface area contributed by atoms with Gasteiger partial charge in [0, 0.05) is 6.42 Å². The van der Waals surface area contributed by atoms with Crippen LogP contribution in [0.4, 0.5) is 0 Å². The summed E-state index contributed by atoms with van der Waals surface area (Å²) in [5.74, 6) is -5.17. The Morgan fingerprint density at radius 2 is 1.65 bits per heavy atom. The summed E-state index contributed by atoms with van der Waals surface area (Å²) in [6.07, 6.45) is 4.58. The molecular weight excluding hydrogens is 224 g/mol. The number of rotatable bonds is 9. The SMILES string of the molecule is CCCCCCCC(=O)C(O)(O)C(=O)OCC. The van der Waals surface area contributed by atoms with Crippen molar-refractivity contribution >= 4 is 11.8 Å². The highest BCUT2D eigenvalue weighted by atomic mass is 16.6. The second-order valence-electron chi connectivity index (χ2n) is 3.98. The number of unbranched alkanes of at least 4 members (excludes halogenated alkanes) is 4. The smallest absolute Gasteiger partial charge is 0.374 e. The molecule has 0 amide bonds. The standard InChI is InChI=1S/C12H22O5/c1-3-5-6-7-8-9-10(13)12(15,16)11(14)17-4-2/h15-16H,3-9H2,1-2H3. The summed E-state index contributed by atoms with van der Waals surface area (Å²) in [6, 6.07) is 0. The van der Waals surface area contributed by atoms with E-state index in [1.807, 2.05) is 0 Å². The number of hydrogen-bond acceptors (Lipinski definition) is 5. The Morgan fingerprint density at radius 1 is 1.06 bits per heavy atom. The van der Waals surface area contributed by atoms with E-state index in [-0.39, 0.29) is 13.0 Å². The van der Waals surface area contributed by atoms with E-state index < -0.39 is 17.5 Å². The lowest BCUT2D eigenvalue weighted by Crippen LogP contribution is -2.47. The number of ether oxygens (including phenoxy) is 1. The number of aliphatic hydroxyl groups is 2. The summed E-state index contributed by atoms with van der Waals surface area (Å²) in [7, 11) is 0. The molecule has 0 aromatic carbocycles. The van der Waals surface area contributed by atoms with Crippen LogP contribution < -0.4 is 0 Å². The predicted molar refractivity (Wildman–Crippen MR) is 62.2 cm³/mol. The van der Waals surface area contributed by atoms with E-state index in [0.717, 1.165) is 25.7 Å². The van der Waals surface area contributed by atoms with Crippen molar-refractivity contribution in [2.75, 3.05) is 6.61 Å². The molecule has 0 aromatic rings. The molecule has 0 aliphatic carbocycles. The third-order valence-corrected chi connectivity index (χ3v) is 2.46. The Hall–Kier alpha value is -0.940. The molecule has 17 heavy (non-hydrogen) atoms. The van der Waals surface area contributed by atoms with Crippen molar-refractivity contribution in [2.45, 2.75) is 58.2 Å². The van der Waals surface area contributed by atoms with Crippen LogP contribution in [-0.4, -0.2) is 34.4 Å². The zero-order valence-electron chi connectivity index (χ0n) is 10.6. The molecule has 0 aliphatic heterocycles. The van der Waals surface area contributed by atoms with Gasteiger partial charge in [-0.2, -0.15) is 0 Å². The Labute approximate surface area is 102 Å². The first-order valence-corrected chi connectivity index (χ1v) is 6.12. The lowest BCUT2D eigenvalue weighted by molar-refractivity contribution is -0.208. The summed E-state index contributed by atoms with van der Waals surface area (Å²) in [5.41, 5.74) is 0. The predicted octanol–water partition coefficient (Wildman–Crippen LogP) is 1.16. The van der Waals surface area contributed by atoms with Gasteiger partial charge in [0.1, 0.15) is 0 Å². The fourth-order valence-electron chi connectivity index (χ4n) is 1.41. The topological polar surface area (TPSA) is 83.8 Å². The third-order valence-electron chi connectivity index (χ3n) is 2.46. The Bertz CT molecular complexity index is 247. The molecule has 0 rings (SSSR count). The summed E-state index contributed by atoms with van der Waals surface area (Å²) in [6.45, 7) is 3.62. The van der Waals surface area contributed by atoms with Crippen molar-refractivity contribution in [1.82, 2.24) is 0 Å². The highest BCUT2D eigenvalue weighted by Crippen LogP contribution is 2.12. The molecule has 2 N–H and O–H groups in total. The fourth-order valence-corrected chi connectivity index (χ4v) is 1.41. The molecular formula is C12H22O5. The molecule has 0 saturated heterocycles. The quantitative estimate of drug-likeness (QED) is 0.276. The van der Waals surface area contributed by atoms with Gasteiger partial charge in [0.25, 0.3) is 0 Å². The third kappa shape index (κ3) is 5.79. The minimum Gasteiger partial charge on any atom is -0.462 e. The fraction of sp³-hybridized carbons (Fsp3) is 0.833. The first kappa shape index (κ1) is 16.1. The average molecular weight is 246 g/mol. The van der Waals surface area contributed by atoms with E-state index in [9.17, 15) is 19.8 Å². The molecule has 0 atom stereocenters. The molecule has 0 aromatic heterocycles. The maximum Gasteiger partial charge on any atom is 0.374 e. The Kier molecular flexibility index (Phi) is 7.74. The summed E-state index contributed by atoms with van der Waals surface area (Å²) >= 11 is 0. The highest BCUT2D eigenvalue weighted by Gasteiger charge is 2.42. The second kappa shape index (κ2) is 8.20. The van der Waals surface area contributed by atoms with Crippen molar-refractivity contribution in [3.05, 3.63) is 0 Å². The van der Waals surface area contributed by atoms with E-state index in [4.69, 9.17) is 0 Å². The Morgan fingerprint density at radius 3 is 2.18 bits per heavy atom. The summed E-state index contributed by atoms with van der Waals surface area (Å²) in [4.78, 5) is 22.5. The molecule has 0 spiro atoms. The molecule has 0 aliphatic rings. The molecule has 5 nitrogen and oxygen atoms in total. The number of ketones is 1. The number of carbonyl (C=O) groups is 2. The normalized spacial score (nSPS) is 11.3. The maximum atomic E-state index is 11.4. The van der Waals surface area contributed by atoms with Gasteiger partial charge >= 0.3 is 11.8 Å². The van der Waals surface area contributed by atoms with E-state index >= 15 is 0 Å². The maximum absolute atomic E-state index is 11.4. The van der Waals surface area contributed by atoms with E-state index in [1.165, 1.54) is 6.92 Å². The first-order valence-electron chi connectivity index (χ1n) is 6.12. The zero-order chi connectivity index (χ0) is 13.3. The molecule has 5 heteroatoms. The van der Waals surface area contributed by atoms with Crippen LogP contribution in [0, 0.1) is 0 Å². The van der Waals surface area contributed by atoms with Crippen LogP contribution in [0.5, 0.6) is 0 Å². The lowest BCUT2D eigenvalue weighted by Gasteiger charge is -2.17. The van der Waals surface area contributed by atoms with Gasteiger partial charge in [0.05, 0.1) is 6.61 Å². The van der Waals surface area contributed by atoms with Gasteiger partial charge in [-0.3, -0.25) is 4.79 Å². The van der Waals surface area contributed by atoms with Crippen molar-refractivity contribution < 1.29 is 24.5 Å². The minimum atomic E-state index is -2.99. The minimum absolute atomic E-state index is 0.00544. The number of carbonyl (C=O) groups excluding carboxylic acids is 2. The summed E-state index contributed by atoms with van der Waals surface area (Å²) in [5, 5.41) is 18.6. The van der Waals surface area contributed by atoms with E-state index in [1.54, 1.807) is 0 Å². The van der Waals surface area contributed by atoms with Gasteiger partial charge in [-0.1, -0.05) is 32.6 Å². The lowest BCUT2D eigenvalue weighted by atomic mass is 10.0. The van der Waals surface area contributed by atoms with Crippen LogP contribution in [0.15, 0.2) is 0 Å². The van der Waals surface area contributed by atoms with Gasteiger partial charge < -0.3 is 14.9 Å². The van der Waals surface area contributed by atoms with Crippen molar-refractivity contribution in [3.8, 4) is 0 Å². The zero-order valence-corrected chi connectivity index (χ0v) is 10.6. The molecule has 0 radical (unpaired) electrons. The van der Waals surface area contributed by atoms with Crippen molar-refractivity contribution in [2.24, 2.45) is 0 Å². The van der Waals surface area contributed by atoms with Crippen LogP contribution in [0.1, 0.15) is 52.4 Å². The first-order chi connectivity index (χ1) is 7.96. The summed E-state index contributed by atoms with van der Waals surface area (Å²) < 4.78 is 4.41. The molecule has 0 saturated carbocycles. The van der Waals surface area contributed by atoms with Crippen molar-refractivity contribution in [3.63, 3.8) is 0 Å². The number of esters is 1. The molecule has 100 valence electrons. The average Bonchev–Trinajstić information content (AvgIpc) is 2.28. The largest absolute Gasteiger partial charge is 0.462 e. The molecule has 0 fully saturated rings. The van der Waals surface area contributed by atoms with Gasteiger partial charge in [0.15, 0.2) is 0 Å². The second-order valence-corrected chi connectivity index (χ2v) is 3.98. The van der Waals surface area contributed by atoms with Crippen LogP contribution in [0.25, 0.3) is 0 Å². The van der Waals surface area contributed by atoms with Crippen LogP contribution >= 0.6 is 0 Å². The molecule has 0 unspecified atom stereocenters. The van der Waals surface area contributed by atoms with Crippen molar-refractivity contribution in [1.29, 1.82) is 0 Å². The van der Waals surface area contributed by atoms with Crippen LogP contribution in [0.3, 0.4) is 0 Å². The Balaban J connectivity index is 3.99. The van der Waals surface area contributed by atoms with Gasteiger partial charge in [-0.25, -0.2) is 4.79 Å². The van der Waals surface area contributed by atoms with Gasteiger partial charge in [-0.15, -0.1) is 0 Å². The monoisotopic (exact) mass is 246 g/mol. The number of hydrogen-bond donors (Lipinski definition) is 2. The van der Waals surface area contributed by atoms with Crippen LogP contribution in [0.2, 0.25) is 0 Å². The van der Waals surface area contributed by atoms with E-state index in [2.05, 4.69) is 11.7 Å². The van der Waals surface area contributed by atoms with Gasteiger partial charge in [0.2, 0.25) is 5.78 Å². The van der Waals surface area contributed by atoms with E-state index in [0.29, 0.717) is 6.42 Å². The highest BCUT2D eigenvalue weighted by molar-refractivity contribution is 6.04. The number of Topliss-reactive ketones (excluding diaryl/α,β-unsaturated/α-hetero) is 1. The molecule has 0 heterocycles. The van der Waals surface area contributed by atoms with Crippen LogP contribution in [-0.2, 0) is 14.3 Å². The molecule has 0 bridgehead atoms.